The number of nitrogens with one attached hydrogen (secondary N) is 1. The third-order valence-corrected chi connectivity index (χ3v) is 8.67. The Balaban J connectivity index is 1.10. The van der Waals surface area contributed by atoms with Gasteiger partial charge >= 0.3 is 0 Å². The molecule has 1 atom stereocenters. The van der Waals surface area contributed by atoms with Crippen molar-refractivity contribution in [2.45, 2.75) is 43.9 Å². The topological polar surface area (TPSA) is 65.8 Å². The summed E-state index contributed by atoms with van der Waals surface area (Å²) in [5.74, 6) is 1.57. The van der Waals surface area contributed by atoms with Gasteiger partial charge in [0.05, 0.1) is 17.8 Å². The van der Waals surface area contributed by atoms with Crippen LogP contribution >= 0.6 is 0 Å². The lowest BCUT2D eigenvalue weighted by molar-refractivity contribution is -0.135. The average molecular weight is 457 g/mol. The van der Waals surface area contributed by atoms with Crippen LogP contribution in [0.5, 0.6) is 0 Å². The van der Waals surface area contributed by atoms with Crippen LogP contribution in [-0.4, -0.2) is 64.7 Å². The van der Waals surface area contributed by atoms with Crippen molar-refractivity contribution >= 4 is 17.4 Å². The van der Waals surface area contributed by atoms with Crippen molar-refractivity contribution in [2.24, 2.45) is 5.92 Å². The van der Waals surface area contributed by atoms with E-state index in [1.807, 2.05) is 16.8 Å². The molecule has 2 aromatic heterocycles. The lowest BCUT2D eigenvalue weighted by Crippen LogP contribution is -2.55. The maximum Gasteiger partial charge on any atom is 0.229 e. The smallest absolute Gasteiger partial charge is 0.229 e. The second kappa shape index (κ2) is 7.80. The normalized spacial score (nSPS) is 24.7. The summed E-state index contributed by atoms with van der Waals surface area (Å²) in [7, 11) is 0. The van der Waals surface area contributed by atoms with Crippen molar-refractivity contribution < 1.29 is 4.79 Å². The second-order valence-electron chi connectivity index (χ2n) is 10.6. The fraction of sp³-hybridized carbons (Fsp3) is 0.519. The molecule has 1 aromatic carbocycles. The van der Waals surface area contributed by atoms with Gasteiger partial charge in [0.15, 0.2) is 5.65 Å². The molecule has 3 aliphatic heterocycles. The second-order valence-corrected chi connectivity index (χ2v) is 10.6. The number of carbonyl (C=O) groups excluding carboxylic acids is 1. The Morgan fingerprint density at radius 1 is 1.06 bits per heavy atom. The van der Waals surface area contributed by atoms with E-state index in [2.05, 4.69) is 44.5 Å². The fourth-order valence-electron chi connectivity index (χ4n) is 6.90. The molecular weight excluding hydrogens is 424 g/mol. The Hall–Kier alpha value is -2.93. The lowest BCUT2D eigenvalue weighted by Gasteiger charge is -2.42. The van der Waals surface area contributed by atoms with Crippen LogP contribution < -0.4 is 10.2 Å². The molecule has 2 fully saturated rings. The largest absolute Gasteiger partial charge is 0.354 e. The van der Waals surface area contributed by atoms with Gasteiger partial charge in [-0.1, -0.05) is 24.3 Å². The van der Waals surface area contributed by atoms with Gasteiger partial charge in [0.25, 0.3) is 0 Å². The van der Waals surface area contributed by atoms with E-state index < -0.39 is 0 Å². The lowest BCUT2D eigenvalue weighted by atomic mass is 9.69. The molecule has 34 heavy (non-hydrogen) atoms. The zero-order valence-electron chi connectivity index (χ0n) is 19.7. The zero-order valence-corrected chi connectivity index (χ0v) is 19.7. The van der Waals surface area contributed by atoms with Gasteiger partial charge in [-0.15, -0.1) is 0 Å². The first-order valence-electron chi connectivity index (χ1n) is 12.9. The summed E-state index contributed by atoms with van der Waals surface area (Å²) >= 11 is 0. The number of carbonyl (C=O) groups is 1. The summed E-state index contributed by atoms with van der Waals surface area (Å²) < 4.78 is 1.98. The van der Waals surface area contributed by atoms with Crippen LogP contribution in [0.25, 0.3) is 5.65 Å². The molecule has 1 aliphatic carbocycles. The van der Waals surface area contributed by atoms with E-state index in [0.717, 1.165) is 70.0 Å². The van der Waals surface area contributed by atoms with E-state index >= 15 is 0 Å². The maximum absolute atomic E-state index is 13.6. The van der Waals surface area contributed by atoms with Crippen LogP contribution in [0.3, 0.4) is 0 Å². The standard InChI is InChI=1S/C27H32N6O/c34-26(31-15-11-27(18-31)10-3-5-19-4-1-2-6-22(19)27)20-16-32(17-20)25-21-7-12-28-13-8-23(21)30-24-9-14-29-33(24)25/h1-2,4,6,9,14,20,28H,3,5,7-8,10-13,15-18H2. The van der Waals surface area contributed by atoms with E-state index in [4.69, 9.17) is 4.98 Å². The van der Waals surface area contributed by atoms with Crippen LogP contribution in [-0.2, 0) is 29.5 Å². The van der Waals surface area contributed by atoms with Crippen molar-refractivity contribution in [1.82, 2.24) is 24.8 Å². The van der Waals surface area contributed by atoms with Gasteiger partial charge in [-0.05, 0) is 49.8 Å². The van der Waals surface area contributed by atoms with E-state index in [-0.39, 0.29) is 11.3 Å². The van der Waals surface area contributed by atoms with E-state index in [1.54, 1.807) is 0 Å². The number of hydrogen-bond donors (Lipinski definition) is 1. The van der Waals surface area contributed by atoms with Crippen LogP contribution in [0.15, 0.2) is 36.5 Å². The molecule has 2 saturated heterocycles. The summed E-state index contributed by atoms with van der Waals surface area (Å²) in [6.07, 6.45) is 8.45. The third-order valence-electron chi connectivity index (χ3n) is 8.67. The first kappa shape index (κ1) is 20.4. The number of fused-ring (bicyclic) bond motifs is 4. The number of likely N-dealkylation sites (tertiary alicyclic amines) is 1. The van der Waals surface area contributed by atoms with Crippen molar-refractivity contribution in [3.05, 3.63) is 58.9 Å². The number of rotatable bonds is 2. The van der Waals surface area contributed by atoms with Gasteiger partial charge in [0.2, 0.25) is 5.91 Å². The van der Waals surface area contributed by atoms with Crippen molar-refractivity contribution in [2.75, 3.05) is 44.2 Å². The van der Waals surface area contributed by atoms with Gasteiger partial charge in [-0.3, -0.25) is 4.79 Å². The maximum atomic E-state index is 13.6. The molecule has 0 radical (unpaired) electrons. The molecule has 1 unspecified atom stereocenters. The first-order chi connectivity index (χ1) is 16.7. The van der Waals surface area contributed by atoms with E-state index in [1.165, 1.54) is 41.6 Å². The number of nitrogens with zero attached hydrogens (tertiary/aromatic N) is 5. The number of hydrogen-bond acceptors (Lipinski definition) is 5. The Bertz CT molecular complexity index is 1260. The van der Waals surface area contributed by atoms with Gasteiger partial charge in [0.1, 0.15) is 5.82 Å². The van der Waals surface area contributed by atoms with Gasteiger partial charge < -0.3 is 15.1 Å². The highest BCUT2D eigenvalue weighted by Gasteiger charge is 2.46. The van der Waals surface area contributed by atoms with Gasteiger partial charge in [-0.25, -0.2) is 4.98 Å². The molecule has 1 spiro atoms. The van der Waals surface area contributed by atoms with Crippen LogP contribution in [0.4, 0.5) is 5.82 Å². The number of aromatic nitrogens is 3. The molecule has 3 aromatic rings. The van der Waals surface area contributed by atoms with Crippen LogP contribution in [0.2, 0.25) is 0 Å². The Morgan fingerprint density at radius 3 is 2.88 bits per heavy atom. The van der Waals surface area contributed by atoms with Crippen LogP contribution in [0.1, 0.15) is 41.6 Å². The molecule has 7 rings (SSSR count). The molecule has 7 heteroatoms. The monoisotopic (exact) mass is 456 g/mol. The Morgan fingerprint density at radius 2 is 1.94 bits per heavy atom. The highest BCUT2D eigenvalue weighted by molar-refractivity contribution is 5.83. The Kier molecular flexibility index (Phi) is 4.69. The van der Waals surface area contributed by atoms with Gasteiger partial charge in [-0.2, -0.15) is 9.61 Å². The highest BCUT2D eigenvalue weighted by Crippen LogP contribution is 2.44. The summed E-state index contributed by atoms with van der Waals surface area (Å²) in [6, 6.07) is 10.9. The highest BCUT2D eigenvalue weighted by atomic mass is 16.2. The van der Waals surface area contributed by atoms with Crippen molar-refractivity contribution in [3.63, 3.8) is 0 Å². The predicted molar refractivity (Wildman–Crippen MR) is 131 cm³/mol. The van der Waals surface area contributed by atoms with Crippen molar-refractivity contribution in [1.29, 1.82) is 0 Å². The van der Waals surface area contributed by atoms with E-state index in [0.29, 0.717) is 5.91 Å². The van der Waals surface area contributed by atoms with Crippen molar-refractivity contribution in [3.8, 4) is 0 Å². The van der Waals surface area contributed by atoms with E-state index in [9.17, 15) is 4.79 Å². The minimum Gasteiger partial charge on any atom is -0.354 e. The minimum atomic E-state index is 0.0762. The number of benzene rings is 1. The molecular formula is C27H32N6O. The number of aryl methyl sites for hydroxylation is 1. The average Bonchev–Trinajstić information content (AvgIpc) is 3.40. The first-order valence-corrected chi connectivity index (χ1v) is 12.9. The minimum absolute atomic E-state index is 0.0762. The quantitative estimate of drug-likeness (QED) is 0.641. The summed E-state index contributed by atoms with van der Waals surface area (Å²) in [5.41, 5.74) is 6.55. The molecule has 0 saturated carbocycles. The summed E-state index contributed by atoms with van der Waals surface area (Å²) in [4.78, 5) is 23.0. The zero-order chi connectivity index (χ0) is 22.7. The SMILES string of the molecule is O=C(C1CN(c2c3c(nc4ccnn24)CCNCC3)C1)N1CCC2(CCCc3ccccc32)C1. The Labute approximate surface area is 200 Å². The molecule has 0 bridgehead atoms. The summed E-state index contributed by atoms with van der Waals surface area (Å²) in [5, 5.41) is 8.08. The number of amides is 1. The summed E-state index contributed by atoms with van der Waals surface area (Å²) in [6.45, 7) is 5.25. The van der Waals surface area contributed by atoms with Crippen LogP contribution in [0, 0.1) is 5.92 Å². The number of anilines is 1. The molecule has 4 aliphatic rings. The fourth-order valence-corrected chi connectivity index (χ4v) is 6.90. The third kappa shape index (κ3) is 3.09. The molecule has 1 N–H and O–H groups in total. The molecule has 1 amide bonds. The predicted octanol–water partition coefficient (Wildman–Crippen LogP) is 2.36. The molecule has 176 valence electrons. The molecule has 5 heterocycles. The van der Waals surface area contributed by atoms with Gasteiger partial charge in [0, 0.05) is 56.2 Å². The molecule has 7 nitrogen and oxygen atoms in total.